The van der Waals surface area contributed by atoms with E-state index in [1.165, 1.54) is 6.92 Å². The minimum Gasteiger partial charge on any atom is -0.396 e. The van der Waals surface area contributed by atoms with Crippen LogP contribution in [0.2, 0.25) is 0 Å². The highest BCUT2D eigenvalue weighted by Gasteiger charge is 2.72. The number of ketones is 2. The second-order valence-electron chi connectivity index (χ2n) is 15.9. The van der Waals surface area contributed by atoms with Crippen molar-refractivity contribution < 1.29 is 19.2 Å². The number of nitrogens with one attached hydrogen (secondary N) is 2. The van der Waals surface area contributed by atoms with Crippen LogP contribution in [0.4, 0.5) is 0 Å². The molecule has 0 saturated heterocycles. The Labute approximate surface area is 233 Å². The molecule has 0 heterocycles. The van der Waals surface area contributed by atoms with Crippen LogP contribution in [0.15, 0.2) is 11.8 Å². The number of rotatable bonds is 1. The summed E-state index contributed by atoms with van der Waals surface area (Å²) < 4.78 is 0. The van der Waals surface area contributed by atoms with Crippen LogP contribution in [-0.2, 0) is 19.2 Å². The highest BCUT2D eigenvalue weighted by atomic mass is 16.2. The Balaban J connectivity index is 1.60. The molecule has 0 aromatic carbocycles. The molecule has 0 radical (unpaired) electrons. The molecule has 5 rings (SSSR count). The Morgan fingerprint density at radius 1 is 0.872 bits per heavy atom. The first-order chi connectivity index (χ1) is 17.9. The van der Waals surface area contributed by atoms with E-state index in [1.54, 1.807) is 0 Å². The average Bonchev–Trinajstić information content (AvgIpc) is 2.82. The van der Waals surface area contributed by atoms with Gasteiger partial charge in [0.2, 0.25) is 11.8 Å². The summed E-state index contributed by atoms with van der Waals surface area (Å²) in [6.07, 6.45) is 8.33. The maximum Gasteiger partial charge on any atom is 0.244 e. The third kappa shape index (κ3) is 3.66. The van der Waals surface area contributed by atoms with Crippen LogP contribution in [0.25, 0.3) is 0 Å². The molecular weight excluding hydrogens is 490 g/mol. The molecule has 5 aliphatic carbocycles. The number of amides is 2. The van der Waals surface area contributed by atoms with Crippen LogP contribution in [0.3, 0.4) is 0 Å². The van der Waals surface area contributed by atoms with Crippen molar-refractivity contribution in [3.05, 3.63) is 11.8 Å². The predicted molar refractivity (Wildman–Crippen MR) is 149 cm³/mol. The van der Waals surface area contributed by atoms with Crippen molar-refractivity contribution in [1.29, 1.82) is 0 Å². The van der Waals surface area contributed by atoms with Gasteiger partial charge in [-0.05, 0) is 84.4 Å². The fraction of sp³-hybridized carbons (Fsp3) is 0.812. The number of hydrogen-bond acceptors (Lipinski definition) is 5. The summed E-state index contributed by atoms with van der Waals surface area (Å²) >= 11 is 0. The van der Waals surface area contributed by atoms with Crippen molar-refractivity contribution in [3.63, 3.8) is 0 Å². The third-order valence-electron chi connectivity index (χ3n) is 13.2. The van der Waals surface area contributed by atoms with Gasteiger partial charge in [0.1, 0.15) is 5.78 Å². The molecule has 7 heteroatoms. The number of Topliss-reactive ketones (excluding diaryl/α,β-unsaturated/α-hetero) is 2. The van der Waals surface area contributed by atoms with E-state index >= 15 is 0 Å². The number of fused-ring (bicyclic) bond motifs is 7. The summed E-state index contributed by atoms with van der Waals surface area (Å²) in [6.45, 7) is 16.9. The second-order valence-corrected chi connectivity index (χ2v) is 15.9. The summed E-state index contributed by atoms with van der Waals surface area (Å²) in [4.78, 5) is 53.1. The normalized spacial score (nSPS) is 46.0. The molecule has 216 valence electrons. The van der Waals surface area contributed by atoms with E-state index in [1.807, 2.05) is 19.9 Å². The summed E-state index contributed by atoms with van der Waals surface area (Å²) in [5, 5.41) is 0. The zero-order chi connectivity index (χ0) is 29.0. The first-order valence-electron chi connectivity index (χ1n) is 15.0. The standard InChI is InChI=1S/C32H49N3O4/c1-18(36)34-35-26(39)32-13-11-27(2,3)16-19(32)24-21(37)15-23-29(6)17-20(33)25(38)28(4,5)22(29)9-10-30(23,7)31(24,8)12-14-32/h17,19,22-24H,9-16,33H2,1-8H3,(H,34,36)(H,35,39)/t19-,22-,23+,24-,29-,30+,31+,32-/m0/s1. The molecular formula is C32H49N3O4. The van der Waals surface area contributed by atoms with Gasteiger partial charge in [0, 0.05) is 24.7 Å². The number of allylic oxidation sites excluding steroid dienone is 2. The van der Waals surface area contributed by atoms with E-state index in [-0.39, 0.29) is 68.7 Å². The Hall–Kier alpha value is -2.18. The highest BCUT2D eigenvalue weighted by molar-refractivity contribution is 6.00. The van der Waals surface area contributed by atoms with E-state index in [0.717, 1.165) is 38.5 Å². The highest BCUT2D eigenvalue weighted by Crippen LogP contribution is 2.75. The fourth-order valence-corrected chi connectivity index (χ4v) is 10.9. The largest absolute Gasteiger partial charge is 0.396 e. The molecule has 0 unspecified atom stereocenters. The minimum absolute atomic E-state index is 0.0249. The van der Waals surface area contributed by atoms with Crippen LogP contribution >= 0.6 is 0 Å². The molecule has 2 amide bonds. The van der Waals surface area contributed by atoms with Crippen LogP contribution in [0.1, 0.15) is 107 Å². The van der Waals surface area contributed by atoms with E-state index in [0.29, 0.717) is 18.5 Å². The van der Waals surface area contributed by atoms with E-state index in [2.05, 4.69) is 45.5 Å². The van der Waals surface area contributed by atoms with E-state index in [9.17, 15) is 19.2 Å². The molecule has 0 aliphatic heterocycles. The number of carbonyl (C=O) groups excluding carboxylic acids is 4. The van der Waals surface area contributed by atoms with Crippen molar-refractivity contribution in [2.45, 2.75) is 107 Å². The van der Waals surface area contributed by atoms with Crippen molar-refractivity contribution in [1.82, 2.24) is 10.9 Å². The van der Waals surface area contributed by atoms with Gasteiger partial charge in [-0.3, -0.25) is 30.0 Å². The molecule has 7 nitrogen and oxygen atoms in total. The van der Waals surface area contributed by atoms with E-state index < -0.39 is 10.8 Å². The lowest BCUT2D eigenvalue weighted by molar-refractivity contribution is -0.222. The maximum atomic E-state index is 14.5. The van der Waals surface area contributed by atoms with Gasteiger partial charge in [0.15, 0.2) is 5.78 Å². The monoisotopic (exact) mass is 539 g/mol. The zero-order valence-electron chi connectivity index (χ0n) is 25.3. The minimum atomic E-state index is -0.661. The maximum absolute atomic E-state index is 14.5. The SMILES string of the molecule is CC(=O)NNC(=O)[C@]12CCC(C)(C)C[C@H]1[C@H]1C(=O)C[C@@H]3[C@@]4(C)C=C(N)C(=O)C(C)(C)[C@@H]4CC[C@@]3(C)[C@]1(C)CC2. The first-order valence-corrected chi connectivity index (χ1v) is 15.0. The quantitative estimate of drug-likeness (QED) is 0.412. The van der Waals surface area contributed by atoms with Gasteiger partial charge >= 0.3 is 0 Å². The van der Waals surface area contributed by atoms with Gasteiger partial charge < -0.3 is 5.73 Å². The molecule has 4 saturated carbocycles. The van der Waals surface area contributed by atoms with Crippen molar-refractivity contribution >= 4 is 23.4 Å². The van der Waals surface area contributed by atoms with Crippen molar-refractivity contribution in [2.24, 2.45) is 61.9 Å². The number of nitrogens with two attached hydrogens (primary N) is 1. The molecule has 8 atom stereocenters. The average molecular weight is 540 g/mol. The van der Waals surface area contributed by atoms with Crippen LogP contribution < -0.4 is 16.6 Å². The van der Waals surface area contributed by atoms with E-state index in [4.69, 9.17) is 5.73 Å². The number of hydrazine groups is 1. The predicted octanol–water partition coefficient (Wildman–Crippen LogP) is 4.85. The Bertz CT molecular complexity index is 1170. The Kier molecular flexibility index (Phi) is 6.12. The molecule has 0 aromatic rings. The van der Waals surface area contributed by atoms with Gasteiger partial charge in [-0.2, -0.15) is 0 Å². The summed E-state index contributed by atoms with van der Waals surface area (Å²) in [7, 11) is 0. The third-order valence-corrected chi connectivity index (χ3v) is 13.2. The lowest BCUT2D eigenvalue weighted by Gasteiger charge is -2.71. The van der Waals surface area contributed by atoms with Gasteiger partial charge in [-0.25, -0.2) is 0 Å². The van der Waals surface area contributed by atoms with Gasteiger partial charge in [0.05, 0.1) is 11.1 Å². The van der Waals surface area contributed by atoms with Crippen molar-refractivity contribution in [3.8, 4) is 0 Å². The first kappa shape index (κ1) is 28.4. The van der Waals surface area contributed by atoms with Gasteiger partial charge in [-0.15, -0.1) is 0 Å². The fourth-order valence-electron chi connectivity index (χ4n) is 10.9. The van der Waals surface area contributed by atoms with Crippen LogP contribution in [0.5, 0.6) is 0 Å². The molecule has 0 aromatic heterocycles. The van der Waals surface area contributed by atoms with Crippen LogP contribution in [-0.4, -0.2) is 23.4 Å². The van der Waals surface area contributed by atoms with Gasteiger partial charge in [0.25, 0.3) is 0 Å². The lowest BCUT2D eigenvalue weighted by atomic mass is 9.31. The molecule has 5 aliphatic rings. The number of carbonyl (C=O) groups is 4. The Morgan fingerprint density at radius 2 is 1.51 bits per heavy atom. The van der Waals surface area contributed by atoms with Crippen molar-refractivity contribution in [2.75, 3.05) is 0 Å². The molecule has 4 fully saturated rings. The van der Waals surface area contributed by atoms with Crippen LogP contribution in [0, 0.1) is 56.2 Å². The summed E-state index contributed by atoms with van der Waals surface area (Å²) in [6, 6.07) is 0. The topological polar surface area (TPSA) is 118 Å². The number of hydrogen-bond donors (Lipinski definition) is 3. The molecule has 0 bridgehead atoms. The second kappa shape index (κ2) is 8.42. The molecule has 39 heavy (non-hydrogen) atoms. The molecule has 0 spiro atoms. The summed E-state index contributed by atoms with van der Waals surface area (Å²) in [5.41, 5.74) is 10.0. The lowest BCUT2D eigenvalue weighted by Crippen LogP contribution is -2.70. The smallest absolute Gasteiger partial charge is 0.244 e. The Morgan fingerprint density at radius 3 is 2.15 bits per heavy atom. The molecule has 4 N–H and O–H groups in total. The summed E-state index contributed by atoms with van der Waals surface area (Å²) in [5.74, 6) is -0.220. The zero-order valence-corrected chi connectivity index (χ0v) is 25.3. The van der Waals surface area contributed by atoms with Gasteiger partial charge in [-0.1, -0.05) is 54.5 Å².